The van der Waals surface area contributed by atoms with Gasteiger partial charge in [-0.1, -0.05) is 75.7 Å². The Morgan fingerprint density at radius 3 is 2.15 bits per heavy atom. The van der Waals surface area contributed by atoms with Crippen LogP contribution < -0.4 is 5.32 Å². The van der Waals surface area contributed by atoms with Crippen LogP contribution in [0.1, 0.15) is 57.1 Å². The van der Waals surface area contributed by atoms with E-state index in [1.807, 2.05) is 48.5 Å². The van der Waals surface area contributed by atoms with Crippen molar-refractivity contribution in [3.8, 4) is 11.1 Å². The van der Waals surface area contributed by atoms with Crippen LogP contribution in [0, 0.1) is 5.41 Å². The first-order valence-electron chi connectivity index (χ1n) is 11.7. The van der Waals surface area contributed by atoms with E-state index in [1.54, 1.807) is 7.05 Å². The van der Waals surface area contributed by atoms with Crippen molar-refractivity contribution in [3.63, 3.8) is 0 Å². The van der Waals surface area contributed by atoms with E-state index in [0.29, 0.717) is 6.54 Å². The molecule has 1 aliphatic rings. The summed E-state index contributed by atoms with van der Waals surface area (Å²) < 4.78 is 5.50. The molecule has 0 bridgehead atoms. The van der Waals surface area contributed by atoms with E-state index < -0.39 is 30.4 Å². The lowest BCUT2D eigenvalue weighted by molar-refractivity contribution is -0.142. The summed E-state index contributed by atoms with van der Waals surface area (Å²) in [5.74, 6) is -1.73. The SMILES string of the molecule is CCC(C)(C)CCN(C)C(=O)C(CC(=O)O)NC(=O)OCC1c2ccccc2-c2ccccc21. The van der Waals surface area contributed by atoms with Crippen molar-refractivity contribution in [2.75, 3.05) is 20.2 Å². The number of benzene rings is 2. The molecule has 0 saturated heterocycles. The summed E-state index contributed by atoms with van der Waals surface area (Å²) in [5.41, 5.74) is 4.45. The number of likely N-dealkylation sites (N-methyl/N-ethyl adjacent to an activating group) is 1. The monoisotopic (exact) mass is 466 g/mol. The largest absolute Gasteiger partial charge is 0.481 e. The molecule has 7 nitrogen and oxygen atoms in total. The highest BCUT2D eigenvalue weighted by molar-refractivity contribution is 5.89. The topological polar surface area (TPSA) is 95.9 Å². The summed E-state index contributed by atoms with van der Waals surface area (Å²) in [5, 5.41) is 11.8. The number of nitrogens with one attached hydrogen (secondary N) is 1. The van der Waals surface area contributed by atoms with Gasteiger partial charge in [0.05, 0.1) is 6.42 Å². The number of carboxylic acids is 1. The Bertz CT molecular complexity index is 1000. The maximum Gasteiger partial charge on any atom is 0.407 e. The van der Waals surface area contributed by atoms with Crippen LogP contribution in [0.15, 0.2) is 48.5 Å². The van der Waals surface area contributed by atoms with Crippen LogP contribution in [0.4, 0.5) is 4.79 Å². The Kier molecular flexibility index (Phi) is 7.97. The smallest absolute Gasteiger partial charge is 0.407 e. The Morgan fingerprint density at radius 2 is 1.62 bits per heavy atom. The highest BCUT2D eigenvalue weighted by atomic mass is 16.5. The van der Waals surface area contributed by atoms with E-state index in [1.165, 1.54) is 4.90 Å². The Balaban J connectivity index is 1.64. The van der Waals surface area contributed by atoms with Crippen molar-refractivity contribution in [2.45, 2.75) is 52.0 Å². The molecule has 1 unspecified atom stereocenters. The molecule has 0 radical (unpaired) electrons. The number of carboxylic acid groups (broad SMARTS) is 1. The van der Waals surface area contributed by atoms with Gasteiger partial charge in [0.1, 0.15) is 12.6 Å². The van der Waals surface area contributed by atoms with Gasteiger partial charge in [-0.15, -0.1) is 0 Å². The molecular formula is C27H34N2O5. The van der Waals surface area contributed by atoms with Crippen molar-refractivity contribution < 1.29 is 24.2 Å². The third kappa shape index (κ3) is 5.95. The third-order valence-corrected chi connectivity index (χ3v) is 6.77. The molecule has 0 saturated carbocycles. The van der Waals surface area contributed by atoms with E-state index in [9.17, 15) is 19.5 Å². The number of carbonyl (C=O) groups excluding carboxylic acids is 2. The molecule has 2 aromatic carbocycles. The Morgan fingerprint density at radius 1 is 1.06 bits per heavy atom. The fraction of sp³-hybridized carbons (Fsp3) is 0.444. The maximum absolute atomic E-state index is 12.9. The van der Waals surface area contributed by atoms with Crippen LogP contribution in [0.3, 0.4) is 0 Å². The minimum atomic E-state index is -1.19. The van der Waals surface area contributed by atoms with Crippen molar-refractivity contribution in [3.05, 3.63) is 59.7 Å². The van der Waals surface area contributed by atoms with Crippen LogP contribution in [0.5, 0.6) is 0 Å². The number of ether oxygens (including phenoxy) is 1. The molecule has 1 atom stereocenters. The molecule has 0 aromatic heterocycles. The van der Waals surface area contributed by atoms with Gasteiger partial charge < -0.3 is 20.1 Å². The number of hydrogen-bond acceptors (Lipinski definition) is 4. The molecular weight excluding hydrogens is 432 g/mol. The van der Waals surface area contributed by atoms with Crippen molar-refractivity contribution in [2.24, 2.45) is 5.41 Å². The van der Waals surface area contributed by atoms with E-state index in [0.717, 1.165) is 35.1 Å². The van der Waals surface area contributed by atoms with Crippen molar-refractivity contribution in [1.82, 2.24) is 10.2 Å². The van der Waals surface area contributed by atoms with E-state index in [2.05, 4.69) is 26.1 Å². The van der Waals surface area contributed by atoms with Crippen LogP contribution in [0.25, 0.3) is 11.1 Å². The fourth-order valence-electron chi connectivity index (χ4n) is 4.18. The second-order valence-electron chi connectivity index (χ2n) is 9.65. The quantitative estimate of drug-likeness (QED) is 0.531. The fourth-order valence-corrected chi connectivity index (χ4v) is 4.18. The van der Waals surface area contributed by atoms with Gasteiger partial charge in [0.15, 0.2) is 0 Å². The first-order chi connectivity index (χ1) is 16.1. The predicted molar refractivity (Wildman–Crippen MR) is 131 cm³/mol. The first-order valence-corrected chi connectivity index (χ1v) is 11.7. The molecule has 3 rings (SSSR count). The number of carbonyl (C=O) groups is 3. The van der Waals surface area contributed by atoms with Gasteiger partial charge in [-0.2, -0.15) is 0 Å². The number of nitrogens with zero attached hydrogens (tertiary/aromatic N) is 1. The molecule has 0 aliphatic heterocycles. The highest BCUT2D eigenvalue weighted by Gasteiger charge is 2.31. The average Bonchev–Trinajstić information content (AvgIpc) is 3.14. The highest BCUT2D eigenvalue weighted by Crippen LogP contribution is 2.44. The van der Waals surface area contributed by atoms with Crippen molar-refractivity contribution in [1.29, 1.82) is 0 Å². The van der Waals surface area contributed by atoms with E-state index in [-0.39, 0.29) is 17.9 Å². The zero-order chi connectivity index (χ0) is 24.9. The summed E-state index contributed by atoms with van der Waals surface area (Å²) in [4.78, 5) is 38.4. The lowest BCUT2D eigenvalue weighted by Gasteiger charge is -2.28. The molecule has 0 heterocycles. The summed E-state index contributed by atoms with van der Waals surface area (Å²) >= 11 is 0. The van der Waals surface area contributed by atoms with Gasteiger partial charge in [0, 0.05) is 19.5 Å². The van der Waals surface area contributed by atoms with Crippen LogP contribution >= 0.6 is 0 Å². The molecule has 2 N–H and O–H groups in total. The molecule has 34 heavy (non-hydrogen) atoms. The number of hydrogen-bond donors (Lipinski definition) is 2. The molecule has 2 amide bonds. The van der Waals surface area contributed by atoms with Crippen LogP contribution in [-0.2, 0) is 14.3 Å². The Labute approximate surface area is 201 Å². The lowest BCUT2D eigenvalue weighted by Crippen LogP contribution is -2.49. The number of fused-ring (bicyclic) bond motifs is 3. The Hall–Kier alpha value is -3.35. The normalized spacial score (nSPS) is 13.5. The molecule has 7 heteroatoms. The number of rotatable bonds is 10. The number of alkyl carbamates (subject to hydrolysis) is 1. The van der Waals surface area contributed by atoms with Crippen LogP contribution in [-0.4, -0.2) is 54.2 Å². The molecule has 0 fully saturated rings. The molecule has 1 aliphatic carbocycles. The zero-order valence-electron chi connectivity index (χ0n) is 20.3. The minimum Gasteiger partial charge on any atom is -0.481 e. The van der Waals surface area contributed by atoms with Gasteiger partial charge in [-0.3, -0.25) is 9.59 Å². The zero-order valence-corrected chi connectivity index (χ0v) is 20.3. The first kappa shape index (κ1) is 25.3. The van der Waals surface area contributed by atoms with Gasteiger partial charge in [0.25, 0.3) is 0 Å². The number of amides is 2. The summed E-state index contributed by atoms with van der Waals surface area (Å²) in [6, 6.07) is 14.8. The molecule has 182 valence electrons. The minimum absolute atomic E-state index is 0.0665. The van der Waals surface area contributed by atoms with Gasteiger partial charge in [-0.05, 0) is 34.1 Å². The summed E-state index contributed by atoms with van der Waals surface area (Å²) in [6.45, 7) is 6.90. The molecule has 0 spiro atoms. The summed E-state index contributed by atoms with van der Waals surface area (Å²) in [7, 11) is 1.63. The van der Waals surface area contributed by atoms with E-state index >= 15 is 0 Å². The van der Waals surface area contributed by atoms with Gasteiger partial charge in [-0.25, -0.2) is 4.79 Å². The maximum atomic E-state index is 12.9. The second-order valence-corrected chi connectivity index (χ2v) is 9.65. The lowest BCUT2D eigenvalue weighted by atomic mass is 9.86. The molecule has 2 aromatic rings. The van der Waals surface area contributed by atoms with E-state index in [4.69, 9.17) is 4.74 Å². The second kappa shape index (κ2) is 10.7. The average molecular weight is 467 g/mol. The predicted octanol–water partition coefficient (Wildman–Crippen LogP) is 4.65. The third-order valence-electron chi connectivity index (χ3n) is 6.77. The van der Waals surface area contributed by atoms with Crippen LogP contribution in [0.2, 0.25) is 0 Å². The standard InChI is InChI=1S/C27H34N2O5/c1-5-27(2,3)14-15-29(4)25(32)23(16-24(30)31)28-26(33)34-17-22-20-12-8-6-10-18(20)19-11-7-9-13-21(19)22/h6-13,22-23H,5,14-17H2,1-4H3,(H,28,33)(H,30,31). The number of aliphatic carboxylic acids is 1. The van der Waals surface area contributed by atoms with Gasteiger partial charge in [0.2, 0.25) is 5.91 Å². The summed E-state index contributed by atoms with van der Waals surface area (Å²) in [6.07, 6.45) is 0.427. The van der Waals surface area contributed by atoms with Crippen molar-refractivity contribution >= 4 is 18.0 Å². The van der Waals surface area contributed by atoms with Gasteiger partial charge >= 0.3 is 12.1 Å².